The molecule has 0 N–H and O–H groups in total. The van der Waals surface area contributed by atoms with E-state index in [0.29, 0.717) is 5.92 Å². The quantitative estimate of drug-likeness (QED) is 0.712. The number of carbonyl (C=O) groups is 1. The lowest BCUT2D eigenvalue weighted by Crippen LogP contribution is -2.56. The number of esters is 1. The minimum atomic E-state index is -0.172. The van der Waals surface area contributed by atoms with Gasteiger partial charge in [-0.25, -0.2) is 0 Å². The van der Waals surface area contributed by atoms with E-state index in [-0.39, 0.29) is 11.6 Å². The molecule has 2 heteroatoms. The van der Waals surface area contributed by atoms with Crippen molar-refractivity contribution in [3.05, 3.63) is 0 Å². The van der Waals surface area contributed by atoms with Gasteiger partial charge in [0, 0.05) is 12.8 Å². The average Bonchev–Trinajstić information content (AvgIpc) is 2.35. The average molecular weight is 264 g/mol. The van der Waals surface area contributed by atoms with Crippen molar-refractivity contribution >= 4 is 5.97 Å². The fraction of sp³-hybridized carbons (Fsp3) is 0.941. The van der Waals surface area contributed by atoms with Gasteiger partial charge in [0.15, 0.2) is 0 Å². The minimum Gasteiger partial charge on any atom is -0.459 e. The van der Waals surface area contributed by atoms with Crippen LogP contribution in [0.5, 0.6) is 0 Å². The lowest BCUT2D eigenvalue weighted by Gasteiger charge is -2.59. The van der Waals surface area contributed by atoms with Crippen molar-refractivity contribution in [2.24, 2.45) is 29.6 Å². The third-order valence-electron chi connectivity index (χ3n) is 6.38. The molecule has 4 aliphatic carbocycles. The summed E-state index contributed by atoms with van der Waals surface area (Å²) in [6.07, 6.45) is 9.06. The second kappa shape index (κ2) is 4.79. The van der Waals surface area contributed by atoms with Crippen LogP contribution in [-0.4, -0.2) is 11.6 Å². The van der Waals surface area contributed by atoms with Gasteiger partial charge in [-0.15, -0.1) is 0 Å². The molecule has 4 bridgehead atoms. The van der Waals surface area contributed by atoms with Crippen LogP contribution in [0.2, 0.25) is 0 Å². The largest absolute Gasteiger partial charge is 0.459 e. The van der Waals surface area contributed by atoms with E-state index < -0.39 is 0 Å². The van der Waals surface area contributed by atoms with Gasteiger partial charge in [-0.05, 0) is 68.6 Å². The molecule has 0 atom stereocenters. The van der Waals surface area contributed by atoms with Crippen molar-refractivity contribution < 1.29 is 9.53 Å². The van der Waals surface area contributed by atoms with Crippen molar-refractivity contribution in [2.45, 2.75) is 71.3 Å². The Morgan fingerprint density at radius 3 is 1.84 bits per heavy atom. The van der Waals surface area contributed by atoms with Gasteiger partial charge in [0.25, 0.3) is 0 Å². The highest BCUT2D eigenvalue weighted by Crippen LogP contribution is 2.60. The van der Waals surface area contributed by atoms with Gasteiger partial charge in [0.1, 0.15) is 5.60 Å². The summed E-state index contributed by atoms with van der Waals surface area (Å²) in [4.78, 5) is 11.6. The van der Waals surface area contributed by atoms with Gasteiger partial charge in [0.2, 0.25) is 0 Å². The molecule has 0 amide bonds. The standard InChI is InChI=1S/C17H28O2/c1-4-17(5-2,19-11(3)18)16-14-7-12-6-13(9-14)10-15(16)8-12/h12-16H,4-10H2,1-3H3. The molecule has 0 saturated heterocycles. The van der Waals surface area contributed by atoms with Crippen LogP contribution in [0.1, 0.15) is 65.7 Å². The summed E-state index contributed by atoms with van der Waals surface area (Å²) in [5.74, 6) is 4.19. The van der Waals surface area contributed by atoms with Crippen LogP contribution in [0.15, 0.2) is 0 Å². The molecular weight excluding hydrogens is 236 g/mol. The Labute approximate surface area is 117 Å². The molecule has 4 fully saturated rings. The molecule has 19 heavy (non-hydrogen) atoms. The molecule has 4 rings (SSSR count). The van der Waals surface area contributed by atoms with E-state index in [1.807, 2.05) is 0 Å². The minimum absolute atomic E-state index is 0.0856. The third-order valence-corrected chi connectivity index (χ3v) is 6.38. The number of carbonyl (C=O) groups excluding carboxylic acids is 1. The Kier molecular flexibility index (Phi) is 3.39. The Morgan fingerprint density at radius 2 is 1.47 bits per heavy atom. The summed E-state index contributed by atoms with van der Waals surface area (Å²) in [6.45, 7) is 5.99. The smallest absolute Gasteiger partial charge is 0.303 e. The van der Waals surface area contributed by atoms with Crippen molar-refractivity contribution in [2.75, 3.05) is 0 Å². The Bertz CT molecular complexity index is 328. The number of hydrogen-bond acceptors (Lipinski definition) is 2. The molecule has 4 saturated carbocycles. The van der Waals surface area contributed by atoms with E-state index in [4.69, 9.17) is 4.74 Å². The zero-order chi connectivity index (χ0) is 13.6. The maximum absolute atomic E-state index is 11.6. The van der Waals surface area contributed by atoms with Crippen LogP contribution < -0.4 is 0 Å². The van der Waals surface area contributed by atoms with E-state index in [0.717, 1.165) is 36.5 Å². The molecule has 0 aromatic heterocycles. The second-order valence-corrected chi connectivity index (χ2v) is 7.32. The molecule has 0 aliphatic heterocycles. The first kappa shape index (κ1) is 13.5. The van der Waals surface area contributed by atoms with Crippen molar-refractivity contribution in [3.8, 4) is 0 Å². The summed E-state index contributed by atoms with van der Waals surface area (Å²) in [5.41, 5.74) is -0.172. The summed E-state index contributed by atoms with van der Waals surface area (Å²) in [7, 11) is 0. The summed E-state index contributed by atoms with van der Waals surface area (Å²) in [5, 5.41) is 0. The van der Waals surface area contributed by atoms with Crippen LogP contribution in [0.3, 0.4) is 0 Å². The molecule has 0 spiro atoms. The molecule has 0 radical (unpaired) electrons. The predicted octanol–water partition coefficient (Wildman–Crippen LogP) is 4.18. The topological polar surface area (TPSA) is 26.3 Å². The monoisotopic (exact) mass is 264 g/mol. The van der Waals surface area contributed by atoms with Gasteiger partial charge in [-0.3, -0.25) is 4.79 Å². The molecular formula is C17H28O2. The van der Waals surface area contributed by atoms with Crippen molar-refractivity contribution in [3.63, 3.8) is 0 Å². The summed E-state index contributed by atoms with van der Waals surface area (Å²) >= 11 is 0. The van der Waals surface area contributed by atoms with Gasteiger partial charge in [-0.2, -0.15) is 0 Å². The van der Waals surface area contributed by atoms with E-state index in [1.54, 1.807) is 6.92 Å². The molecule has 0 heterocycles. The molecule has 0 aromatic rings. The second-order valence-electron chi connectivity index (χ2n) is 7.32. The highest BCUT2D eigenvalue weighted by atomic mass is 16.6. The number of ether oxygens (including phenoxy) is 1. The first-order chi connectivity index (χ1) is 9.08. The van der Waals surface area contributed by atoms with E-state index in [9.17, 15) is 4.79 Å². The first-order valence-corrected chi connectivity index (χ1v) is 8.27. The molecule has 108 valence electrons. The maximum Gasteiger partial charge on any atom is 0.303 e. The van der Waals surface area contributed by atoms with Crippen LogP contribution in [-0.2, 0) is 9.53 Å². The summed E-state index contributed by atoms with van der Waals surface area (Å²) in [6, 6.07) is 0. The SMILES string of the molecule is CCC(CC)(OC(C)=O)C1C2CC3CC(C2)CC1C3. The van der Waals surface area contributed by atoms with E-state index in [1.165, 1.54) is 32.1 Å². The highest BCUT2D eigenvalue weighted by Gasteiger charge is 2.55. The van der Waals surface area contributed by atoms with Gasteiger partial charge in [0.05, 0.1) is 0 Å². The lowest BCUT2D eigenvalue weighted by atomic mass is 9.48. The van der Waals surface area contributed by atoms with E-state index >= 15 is 0 Å². The summed E-state index contributed by atoms with van der Waals surface area (Å²) < 4.78 is 5.92. The lowest BCUT2D eigenvalue weighted by molar-refractivity contribution is -0.189. The van der Waals surface area contributed by atoms with Gasteiger partial charge < -0.3 is 4.74 Å². The van der Waals surface area contributed by atoms with Crippen LogP contribution >= 0.6 is 0 Å². The fourth-order valence-electron chi connectivity index (χ4n) is 6.00. The molecule has 2 nitrogen and oxygen atoms in total. The molecule has 4 aliphatic rings. The molecule has 0 unspecified atom stereocenters. The molecule has 0 aromatic carbocycles. The fourth-order valence-corrected chi connectivity index (χ4v) is 6.00. The van der Waals surface area contributed by atoms with E-state index in [2.05, 4.69) is 13.8 Å². The van der Waals surface area contributed by atoms with Gasteiger partial charge in [-0.1, -0.05) is 13.8 Å². The van der Waals surface area contributed by atoms with Crippen LogP contribution in [0.25, 0.3) is 0 Å². The Morgan fingerprint density at radius 1 is 1.00 bits per heavy atom. The third kappa shape index (κ3) is 2.11. The first-order valence-electron chi connectivity index (χ1n) is 8.27. The predicted molar refractivity (Wildman–Crippen MR) is 75.6 cm³/mol. The number of rotatable bonds is 4. The normalized spacial score (nSPS) is 40.5. The zero-order valence-electron chi connectivity index (χ0n) is 12.7. The van der Waals surface area contributed by atoms with Crippen LogP contribution in [0.4, 0.5) is 0 Å². The Hall–Kier alpha value is -0.530. The zero-order valence-corrected chi connectivity index (χ0v) is 12.7. The Balaban J connectivity index is 1.88. The van der Waals surface area contributed by atoms with Crippen molar-refractivity contribution in [1.29, 1.82) is 0 Å². The number of hydrogen-bond donors (Lipinski definition) is 0. The van der Waals surface area contributed by atoms with Crippen molar-refractivity contribution in [1.82, 2.24) is 0 Å². The van der Waals surface area contributed by atoms with Crippen LogP contribution in [0, 0.1) is 29.6 Å². The van der Waals surface area contributed by atoms with Gasteiger partial charge >= 0.3 is 5.97 Å². The highest BCUT2D eigenvalue weighted by molar-refractivity contribution is 5.66. The maximum atomic E-state index is 11.6.